The molecule has 0 fully saturated rings. The van der Waals surface area contributed by atoms with Crippen LogP contribution in [-0.2, 0) is 13.6 Å². The average molecular weight is 247 g/mol. The summed E-state index contributed by atoms with van der Waals surface area (Å²) >= 11 is 0. The summed E-state index contributed by atoms with van der Waals surface area (Å²) in [4.78, 5) is 14.7. The number of anilines is 2. The van der Waals surface area contributed by atoms with Gasteiger partial charge in [-0.05, 0) is 12.1 Å². The summed E-state index contributed by atoms with van der Waals surface area (Å²) in [6, 6.07) is 3.25. The largest absolute Gasteiger partial charge is 0.478 e. The van der Waals surface area contributed by atoms with Gasteiger partial charge in [-0.15, -0.1) is 0 Å². The number of hydrogen-bond donors (Lipinski definition) is 3. The Morgan fingerprint density at radius 1 is 1.61 bits per heavy atom. The van der Waals surface area contributed by atoms with E-state index >= 15 is 0 Å². The summed E-state index contributed by atoms with van der Waals surface area (Å²) in [5.41, 5.74) is 7.07. The topological polar surface area (TPSA) is 106 Å². The van der Waals surface area contributed by atoms with Crippen molar-refractivity contribution in [3.05, 3.63) is 35.8 Å². The highest BCUT2D eigenvalue weighted by Gasteiger charge is 2.08. The molecule has 0 aliphatic heterocycles. The van der Waals surface area contributed by atoms with Crippen LogP contribution in [0.25, 0.3) is 0 Å². The van der Waals surface area contributed by atoms with Crippen molar-refractivity contribution in [2.45, 2.75) is 6.54 Å². The third-order valence-corrected chi connectivity index (χ3v) is 2.52. The van der Waals surface area contributed by atoms with E-state index < -0.39 is 5.97 Å². The van der Waals surface area contributed by atoms with Gasteiger partial charge in [0, 0.05) is 19.4 Å². The molecule has 7 heteroatoms. The van der Waals surface area contributed by atoms with Gasteiger partial charge in [0.2, 0.25) is 0 Å². The molecule has 0 aliphatic carbocycles. The van der Waals surface area contributed by atoms with E-state index in [9.17, 15) is 4.79 Å². The van der Waals surface area contributed by atoms with Crippen LogP contribution in [0.3, 0.4) is 0 Å². The molecule has 94 valence electrons. The molecule has 0 aliphatic rings. The Morgan fingerprint density at radius 2 is 2.39 bits per heavy atom. The molecule has 0 atom stereocenters. The Kier molecular flexibility index (Phi) is 3.13. The minimum atomic E-state index is -1.05. The number of carbonyl (C=O) groups is 1. The molecular weight excluding hydrogens is 234 g/mol. The third-order valence-electron chi connectivity index (χ3n) is 2.52. The number of nitrogen functional groups attached to an aromatic ring is 1. The number of nitrogens with one attached hydrogen (secondary N) is 1. The smallest absolute Gasteiger partial charge is 0.337 e. The molecule has 0 saturated carbocycles. The molecular formula is C11H13N5O2. The van der Waals surface area contributed by atoms with Crippen LogP contribution in [0, 0.1) is 0 Å². The molecule has 0 saturated heterocycles. The maximum absolute atomic E-state index is 10.7. The number of aryl methyl sites for hydroxylation is 1. The minimum absolute atomic E-state index is 0.0681. The maximum atomic E-state index is 10.7. The van der Waals surface area contributed by atoms with Crippen LogP contribution in [0.1, 0.15) is 16.1 Å². The van der Waals surface area contributed by atoms with Gasteiger partial charge in [-0.1, -0.05) is 0 Å². The number of rotatable bonds is 4. The molecule has 18 heavy (non-hydrogen) atoms. The molecule has 2 rings (SSSR count). The highest BCUT2D eigenvalue weighted by Crippen LogP contribution is 2.17. The second-order valence-corrected chi connectivity index (χ2v) is 3.77. The molecule has 7 nitrogen and oxygen atoms in total. The fourth-order valence-electron chi connectivity index (χ4n) is 1.50. The first-order chi connectivity index (χ1) is 8.58. The Morgan fingerprint density at radius 3 is 2.94 bits per heavy atom. The van der Waals surface area contributed by atoms with Crippen LogP contribution >= 0.6 is 0 Å². The third kappa shape index (κ3) is 2.40. The van der Waals surface area contributed by atoms with Crippen molar-refractivity contribution in [2.75, 3.05) is 11.1 Å². The lowest BCUT2D eigenvalue weighted by molar-refractivity contribution is 0.0696. The van der Waals surface area contributed by atoms with Crippen molar-refractivity contribution in [3.63, 3.8) is 0 Å². The number of hydrogen-bond acceptors (Lipinski definition) is 5. The summed E-state index contributed by atoms with van der Waals surface area (Å²) in [6.07, 6.45) is 2.96. The van der Waals surface area contributed by atoms with Gasteiger partial charge in [-0.3, -0.25) is 4.68 Å². The monoisotopic (exact) mass is 247 g/mol. The van der Waals surface area contributed by atoms with Gasteiger partial charge in [-0.2, -0.15) is 5.10 Å². The van der Waals surface area contributed by atoms with Crippen molar-refractivity contribution in [3.8, 4) is 0 Å². The number of aromatic nitrogens is 3. The van der Waals surface area contributed by atoms with E-state index in [0.29, 0.717) is 18.1 Å². The first kappa shape index (κ1) is 11.9. The fraction of sp³-hybridized carbons (Fsp3) is 0.182. The summed E-state index contributed by atoms with van der Waals surface area (Å²) in [7, 11) is 1.83. The zero-order valence-electron chi connectivity index (χ0n) is 9.79. The quantitative estimate of drug-likeness (QED) is 0.734. The van der Waals surface area contributed by atoms with E-state index in [2.05, 4.69) is 15.4 Å². The molecule has 0 spiro atoms. The van der Waals surface area contributed by atoms with Gasteiger partial charge < -0.3 is 16.2 Å². The molecule has 0 aromatic carbocycles. The first-order valence-corrected chi connectivity index (χ1v) is 5.27. The number of carboxylic acid groups (broad SMARTS) is 1. The highest BCUT2D eigenvalue weighted by molar-refractivity contribution is 5.89. The fourth-order valence-corrected chi connectivity index (χ4v) is 1.50. The van der Waals surface area contributed by atoms with E-state index in [1.54, 1.807) is 10.9 Å². The van der Waals surface area contributed by atoms with Crippen molar-refractivity contribution < 1.29 is 9.90 Å². The van der Waals surface area contributed by atoms with E-state index in [0.717, 1.165) is 5.69 Å². The summed E-state index contributed by atoms with van der Waals surface area (Å²) in [5.74, 6) is -0.589. The van der Waals surface area contributed by atoms with E-state index in [1.165, 1.54) is 12.3 Å². The van der Waals surface area contributed by atoms with E-state index in [4.69, 9.17) is 10.8 Å². The number of nitrogens with two attached hydrogens (primary N) is 1. The standard InChI is InChI=1S/C11H13N5O2/c1-16-8(2-3-15-16)6-14-10-9(12)4-7(5-13-10)11(17)18/h2-5H,6,12H2,1H3,(H,13,14)(H,17,18). The van der Waals surface area contributed by atoms with E-state index in [1.807, 2.05) is 13.1 Å². The molecule has 0 amide bonds. The lowest BCUT2D eigenvalue weighted by Crippen LogP contribution is -2.09. The van der Waals surface area contributed by atoms with Crippen molar-refractivity contribution in [1.29, 1.82) is 0 Å². The van der Waals surface area contributed by atoms with Gasteiger partial charge in [0.05, 0.1) is 23.5 Å². The van der Waals surface area contributed by atoms with Crippen LogP contribution in [0.2, 0.25) is 0 Å². The lowest BCUT2D eigenvalue weighted by Gasteiger charge is -2.08. The number of nitrogens with zero attached hydrogens (tertiary/aromatic N) is 3. The first-order valence-electron chi connectivity index (χ1n) is 5.27. The second-order valence-electron chi connectivity index (χ2n) is 3.77. The highest BCUT2D eigenvalue weighted by atomic mass is 16.4. The molecule has 0 bridgehead atoms. The Labute approximate surface area is 103 Å². The Bertz CT molecular complexity index is 579. The van der Waals surface area contributed by atoms with Crippen molar-refractivity contribution >= 4 is 17.5 Å². The van der Waals surface area contributed by atoms with Crippen LogP contribution in [-0.4, -0.2) is 25.8 Å². The molecule has 0 unspecified atom stereocenters. The van der Waals surface area contributed by atoms with Crippen molar-refractivity contribution in [2.24, 2.45) is 7.05 Å². The molecule has 0 radical (unpaired) electrons. The number of pyridine rings is 1. The van der Waals surface area contributed by atoms with Gasteiger partial charge >= 0.3 is 5.97 Å². The SMILES string of the molecule is Cn1nccc1CNc1ncc(C(=O)O)cc1N. The Hall–Kier alpha value is -2.57. The normalized spacial score (nSPS) is 10.3. The van der Waals surface area contributed by atoms with Gasteiger partial charge in [0.1, 0.15) is 5.82 Å². The summed E-state index contributed by atoms with van der Waals surface area (Å²) in [5, 5.41) is 15.9. The zero-order chi connectivity index (χ0) is 13.1. The Balaban J connectivity index is 2.11. The van der Waals surface area contributed by atoms with Gasteiger partial charge in [0.25, 0.3) is 0 Å². The molecule has 2 aromatic rings. The predicted octanol–water partition coefficient (Wildman–Crippen LogP) is 0.708. The molecule has 2 heterocycles. The average Bonchev–Trinajstić information content (AvgIpc) is 2.73. The molecule has 2 aromatic heterocycles. The van der Waals surface area contributed by atoms with Crippen LogP contribution in [0.15, 0.2) is 24.5 Å². The van der Waals surface area contributed by atoms with E-state index in [-0.39, 0.29) is 5.56 Å². The van der Waals surface area contributed by atoms with Crippen LogP contribution < -0.4 is 11.1 Å². The maximum Gasteiger partial charge on any atom is 0.337 e. The second kappa shape index (κ2) is 4.74. The van der Waals surface area contributed by atoms with Crippen LogP contribution in [0.4, 0.5) is 11.5 Å². The lowest BCUT2D eigenvalue weighted by atomic mass is 10.2. The minimum Gasteiger partial charge on any atom is -0.478 e. The van der Waals surface area contributed by atoms with Crippen molar-refractivity contribution in [1.82, 2.24) is 14.8 Å². The molecule has 4 N–H and O–H groups in total. The number of aromatic carboxylic acids is 1. The predicted molar refractivity (Wildman–Crippen MR) is 66.1 cm³/mol. The van der Waals surface area contributed by atoms with Crippen LogP contribution in [0.5, 0.6) is 0 Å². The van der Waals surface area contributed by atoms with Gasteiger partial charge in [0.15, 0.2) is 0 Å². The number of carboxylic acids is 1. The summed E-state index contributed by atoms with van der Waals surface area (Å²) < 4.78 is 1.73. The zero-order valence-corrected chi connectivity index (χ0v) is 9.79. The van der Waals surface area contributed by atoms with Gasteiger partial charge in [-0.25, -0.2) is 9.78 Å². The summed E-state index contributed by atoms with van der Waals surface area (Å²) in [6.45, 7) is 0.514.